The Morgan fingerprint density at radius 1 is 1.16 bits per heavy atom. The summed E-state index contributed by atoms with van der Waals surface area (Å²) < 4.78 is 0. The maximum absolute atomic E-state index is 12.1. The van der Waals surface area contributed by atoms with Gasteiger partial charge in [0.15, 0.2) is 0 Å². The van der Waals surface area contributed by atoms with Gasteiger partial charge in [-0.1, -0.05) is 30.7 Å². The van der Waals surface area contributed by atoms with Gasteiger partial charge in [0.2, 0.25) is 0 Å². The summed E-state index contributed by atoms with van der Waals surface area (Å²) in [6.07, 6.45) is 8.67. The molecule has 4 atom stereocenters. The van der Waals surface area contributed by atoms with E-state index >= 15 is 0 Å². The number of rotatable bonds is 4. The minimum absolute atomic E-state index is 0.0498. The number of carbonyl (C=O) groups is 1. The number of fused-ring (bicyclic) bond motifs is 2. The third-order valence-electron chi connectivity index (χ3n) is 6.67. The van der Waals surface area contributed by atoms with Crippen LogP contribution in [0.4, 0.5) is 4.79 Å². The monoisotopic (exact) mass is 342 g/mol. The molecule has 1 aromatic rings. The SMILES string of the molecule is O=C(NCC1CCCC(O)C1)NCC1CC12CCCc1ccccc12. The second-order valence-electron chi connectivity index (χ2n) is 8.35. The summed E-state index contributed by atoms with van der Waals surface area (Å²) in [5, 5.41) is 15.8. The maximum atomic E-state index is 12.1. The number of aryl methyl sites for hydroxylation is 1. The van der Waals surface area contributed by atoms with Gasteiger partial charge < -0.3 is 15.7 Å². The molecule has 3 aliphatic carbocycles. The summed E-state index contributed by atoms with van der Waals surface area (Å²) >= 11 is 0. The van der Waals surface area contributed by atoms with E-state index in [4.69, 9.17) is 0 Å². The molecule has 0 radical (unpaired) electrons. The summed E-state index contributed by atoms with van der Waals surface area (Å²) in [7, 11) is 0. The molecule has 4 unspecified atom stereocenters. The molecule has 0 aromatic heterocycles. The Bertz CT molecular complexity index is 632. The fraction of sp³-hybridized carbons (Fsp3) is 0.667. The average Bonchev–Trinajstić information content (AvgIpc) is 3.32. The standard InChI is InChI=1S/C21H30N2O2/c24-18-8-3-5-15(11-18)13-22-20(25)23-14-17-12-21(17)10-4-7-16-6-1-2-9-19(16)21/h1-2,6,9,15,17-18,24H,3-5,7-8,10-14H2,(H2,22,23,25). The van der Waals surface area contributed by atoms with Gasteiger partial charge in [0.1, 0.15) is 0 Å². The molecule has 25 heavy (non-hydrogen) atoms. The van der Waals surface area contributed by atoms with E-state index in [9.17, 15) is 9.90 Å². The fourth-order valence-electron chi connectivity index (χ4n) is 5.20. The van der Waals surface area contributed by atoms with E-state index in [-0.39, 0.29) is 12.1 Å². The van der Waals surface area contributed by atoms with Crippen LogP contribution in [0.15, 0.2) is 24.3 Å². The van der Waals surface area contributed by atoms with Crippen molar-refractivity contribution in [3.05, 3.63) is 35.4 Å². The van der Waals surface area contributed by atoms with Crippen LogP contribution in [0.3, 0.4) is 0 Å². The molecule has 1 aromatic carbocycles. The number of aliphatic hydroxyl groups excluding tert-OH is 1. The highest BCUT2D eigenvalue weighted by Crippen LogP contribution is 2.59. The molecule has 2 saturated carbocycles. The number of benzene rings is 1. The third kappa shape index (κ3) is 3.55. The van der Waals surface area contributed by atoms with Crippen molar-refractivity contribution in [3.8, 4) is 0 Å². The van der Waals surface area contributed by atoms with Crippen LogP contribution >= 0.6 is 0 Å². The summed E-state index contributed by atoms with van der Waals surface area (Å²) in [4.78, 5) is 12.1. The van der Waals surface area contributed by atoms with Gasteiger partial charge in [-0.25, -0.2) is 4.79 Å². The van der Waals surface area contributed by atoms with Gasteiger partial charge >= 0.3 is 6.03 Å². The molecule has 0 heterocycles. The Kier molecular flexibility index (Phi) is 4.72. The van der Waals surface area contributed by atoms with Gasteiger partial charge in [0.05, 0.1) is 6.10 Å². The van der Waals surface area contributed by atoms with Crippen LogP contribution in [-0.4, -0.2) is 30.3 Å². The molecule has 4 rings (SSSR count). The van der Waals surface area contributed by atoms with E-state index in [2.05, 4.69) is 34.9 Å². The average molecular weight is 342 g/mol. The molecule has 4 heteroatoms. The van der Waals surface area contributed by atoms with Gasteiger partial charge in [-0.2, -0.15) is 0 Å². The molecule has 1 spiro atoms. The molecule has 3 aliphatic rings. The van der Waals surface area contributed by atoms with Crippen molar-refractivity contribution in [1.29, 1.82) is 0 Å². The molecule has 3 N–H and O–H groups in total. The zero-order valence-corrected chi connectivity index (χ0v) is 15.0. The van der Waals surface area contributed by atoms with Crippen molar-refractivity contribution in [2.45, 2.75) is 62.9 Å². The zero-order chi connectivity index (χ0) is 17.3. The minimum atomic E-state index is -0.179. The van der Waals surface area contributed by atoms with Crippen molar-refractivity contribution in [2.75, 3.05) is 13.1 Å². The third-order valence-corrected chi connectivity index (χ3v) is 6.67. The summed E-state index contributed by atoms with van der Waals surface area (Å²) in [6.45, 7) is 1.45. The van der Waals surface area contributed by atoms with Gasteiger partial charge in [-0.05, 0) is 67.9 Å². The predicted octanol–water partition coefficient (Wildman–Crippen LogP) is 3.13. The molecule has 2 amide bonds. The van der Waals surface area contributed by atoms with Crippen LogP contribution in [0.5, 0.6) is 0 Å². The Hall–Kier alpha value is -1.55. The van der Waals surface area contributed by atoms with E-state index in [0.29, 0.717) is 23.8 Å². The first-order valence-electron chi connectivity index (χ1n) is 9.95. The fourth-order valence-corrected chi connectivity index (χ4v) is 5.20. The van der Waals surface area contributed by atoms with Crippen LogP contribution < -0.4 is 10.6 Å². The first-order chi connectivity index (χ1) is 12.2. The number of amides is 2. The van der Waals surface area contributed by atoms with Crippen molar-refractivity contribution in [1.82, 2.24) is 10.6 Å². The van der Waals surface area contributed by atoms with E-state index in [1.54, 1.807) is 0 Å². The predicted molar refractivity (Wildman–Crippen MR) is 98.5 cm³/mol. The number of hydrogen-bond donors (Lipinski definition) is 3. The highest BCUT2D eigenvalue weighted by molar-refractivity contribution is 5.73. The highest BCUT2D eigenvalue weighted by Gasteiger charge is 2.56. The van der Waals surface area contributed by atoms with E-state index in [1.165, 1.54) is 36.8 Å². The van der Waals surface area contributed by atoms with E-state index in [1.807, 2.05) is 0 Å². The topological polar surface area (TPSA) is 61.4 Å². The van der Waals surface area contributed by atoms with E-state index < -0.39 is 0 Å². The lowest BCUT2D eigenvalue weighted by Crippen LogP contribution is -2.41. The quantitative estimate of drug-likeness (QED) is 0.787. The van der Waals surface area contributed by atoms with Crippen LogP contribution in [0.25, 0.3) is 0 Å². The van der Waals surface area contributed by atoms with Gasteiger partial charge in [-0.15, -0.1) is 0 Å². The zero-order valence-electron chi connectivity index (χ0n) is 15.0. The van der Waals surface area contributed by atoms with Gasteiger partial charge in [-0.3, -0.25) is 0 Å². The molecular formula is C21H30N2O2. The molecule has 2 fully saturated rings. The number of carbonyl (C=O) groups excluding carboxylic acids is 1. The van der Waals surface area contributed by atoms with E-state index in [0.717, 1.165) is 32.2 Å². The first kappa shape index (κ1) is 16.9. The summed E-state index contributed by atoms with van der Waals surface area (Å²) in [6, 6.07) is 8.81. The normalized spacial score (nSPS) is 33.6. The van der Waals surface area contributed by atoms with Gasteiger partial charge in [0, 0.05) is 18.5 Å². The Morgan fingerprint density at radius 3 is 2.88 bits per heavy atom. The highest BCUT2D eigenvalue weighted by atomic mass is 16.3. The van der Waals surface area contributed by atoms with Crippen LogP contribution in [0, 0.1) is 11.8 Å². The number of hydrogen-bond acceptors (Lipinski definition) is 2. The Balaban J connectivity index is 1.24. The second-order valence-corrected chi connectivity index (χ2v) is 8.35. The molecule has 0 bridgehead atoms. The number of aliphatic hydroxyl groups is 1. The molecular weight excluding hydrogens is 312 g/mol. The van der Waals surface area contributed by atoms with Crippen molar-refractivity contribution in [3.63, 3.8) is 0 Å². The maximum Gasteiger partial charge on any atom is 0.314 e. The first-order valence-corrected chi connectivity index (χ1v) is 9.95. The lowest BCUT2D eigenvalue weighted by Gasteiger charge is -2.27. The number of nitrogens with one attached hydrogen (secondary N) is 2. The lowest BCUT2D eigenvalue weighted by atomic mass is 9.78. The molecule has 4 nitrogen and oxygen atoms in total. The molecule has 136 valence electrons. The van der Waals surface area contributed by atoms with Crippen molar-refractivity contribution in [2.24, 2.45) is 11.8 Å². The Labute approximate surface area is 150 Å². The molecule has 0 aliphatic heterocycles. The second kappa shape index (κ2) is 6.99. The largest absolute Gasteiger partial charge is 0.393 e. The summed E-state index contributed by atoms with van der Waals surface area (Å²) in [5.74, 6) is 1.00. The van der Waals surface area contributed by atoms with Crippen LogP contribution in [0.2, 0.25) is 0 Å². The Morgan fingerprint density at radius 2 is 2.00 bits per heavy atom. The van der Waals surface area contributed by atoms with Crippen molar-refractivity contribution >= 4 is 6.03 Å². The van der Waals surface area contributed by atoms with Crippen LogP contribution in [0.1, 0.15) is 56.1 Å². The van der Waals surface area contributed by atoms with Crippen LogP contribution in [-0.2, 0) is 11.8 Å². The minimum Gasteiger partial charge on any atom is -0.393 e. The van der Waals surface area contributed by atoms with Gasteiger partial charge in [0.25, 0.3) is 0 Å². The van der Waals surface area contributed by atoms with Crippen molar-refractivity contribution < 1.29 is 9.90 Å². The molecule has 0 saturated heterocycles. The number of urea groups is 1. The summed E-state index contributed by atoms with van der Waals surface area (Å²) in [5.41, 5.74) is 3.37. The smallest absolute Gasteiger partial charge is 0.314 e. The lowest BCUT2D eigenvalue weighted by molar-refractivity contribution is 0.101.